The number of thioether (sulfide) groups is 1. The van der Waals surface area contributed by atoms with Crippen molar-refractivity contribution in [1.29, 1.82) is 0 Å². The molecular weight excluding hydrogens is 444 g/mol. The van der Waals surface area contributed by atoms with Gasteiger partial charge < -0.3 is 15.2 Å². The number of halogens is 1. The highest BCUT2D eigenvalue weighted by molar-refractivity contribution is 7.98. The summed E-state index contributed by atoms with van der Waals surface area (Å²) in [5.41, 5.74) is 2.71. The van der Waals surface area contributed by atoms with Crippen molar-refractivity contribution in [3.05, 3.63) is 89.2 Å². The number of carbonyl (C=O) groups is 2. The molecule has 0 fully saturated rings. The van der Waals surface area contributed by atoms with Gasteiger partial charge in [-0.1, -0.05) is 41.9 Å². The summed E-state index contributed by atoms with van der Waals surface area (Å²) in [7, 11) is 0. The molecule has 0 saturated heterocycles. The fourth-order valence-electron chi connectivity index (χ4n) is 3.38. The first-order valence-corrected chi connectivity index (χ1v) is 11.6. The molecule has 0 atom stereocenters. The number of nitrogens with one attached hydrogen (secondary N) is 2. The minimum atomic E-state index is -0.299. The summed E-state index contributed by atoms with van der Waals surface area (Å²) in [6.45, 7) is 0.231. The largest absolute Gasteiger partial charge is 0.345 e. The molecule has 162 valence electrons. The first kappa shape index (κ1) is 21.9. The third kappa shape index (κ3) is 4.95. The molecule has 0 aliphatic rings. The zero-order chi connectivity index (χ0) is 22.5. The lowest BCUT2D eigenvalue weighted by molar-refractivity contribution is -0.116. The molecule has 2 amide bonds. The van der Waals surface area contributed by atoms with Gasteiger partial charge >= 0.3 is 0 Å². The van der Waals surface area contributed by atoms with Gasteiger partial charge in [-0.15, -0.1) is 11.8 Å². The molecule has 3 aromatic carbocycles. The molecule has 2 N–H and O–H groups in total. The van der Waals surface area contributed by atoms with Gasteiger partial charge in [-0.05, 0) is 48.7 Å². The lowest BCUT2D eigenvalue weighted by Crippen LogP contribution is -2.26. The monoisotopic (exact) mass is 464 g/mol. The third-order valence-electron chi connectivity index (χ3n) is 4.91. The molecule has 8 heteroatoms. The van der Waals surface area contributed by atoms with Crippen molar-refractivity contribution in [2.45, 2.75) is 18.0 Å². The Hall–Kier alpha value is -3.29. The standard InChI is InChI=1S/C24H21ClN4O2S/c1-32-17-8-6-7-16(13-17)27-23(30)15-29-21-12-5-4-11-20(21)28-22(29)14-26-24(31)18-9-2-3-10-19(18)25/h2-13H,14-15H2,1H3,(H,26,31)(H,27,30). The van der Waals surface area contributed by atoms with Crippen molar-refractivity contribution >= 4 is 51.9 Å². The van der Waals surface area contributed by atoms with Crippen LogP contribution in [-0.2, 0) is 17.9 Å². The Labute approximate surface area is 195 Å². The van der Waals surface area contributed by atoms with E-state index in [0.717, 1.165) is 21.6 Å². The highest BCUT2D eigenvalue weighted by Crippen LogP contribution is 2.20. The van der Waals surface area contributed by atoms with E-state index in [0.29, 0.717) is 16.4 Å². The van der Waals surface area contributed by atoms with E-state index in [9.17, 15) is 9.59 Å². The molecule has 4 rings (SSSR count). The van der Waals surface area contributed by atoms with Crippen molar-refractivity contribution in [1.82, 2.24) is 14.9 Å². The van der Waals surface area contributed by atoms with Crippen molar-refractivity contribution in [3.8, 4) is 0 Å². The van der Waals surface area contributed by atoms with Gasteiger partial charge in [0.15, 0.2) is 0 Å². The maximum Gasteiger partial charge on any atom is 0.253 e. The summed E-state index contributed by atoms with van der Waals surface area (Å²) >= 11 is 7.74. The molecule has 0 spiro atoms. The molecule has 1 aromatic heterocycles. The molecule has 1 heterocycles. The lowest BCUT2D eigenvalue weighted by atomic mass is 10.2. The SMILES string of the molecule is CSc1cccc(NC(=O)Cn2c(CNC(=O)c3ccccc3Cl)nc3ccccc32)c1. The Morgan fingerprint density at radius 3 is 2.62 bits per heavy atom. The number of para-hydroxylation sites is 2. The normalized spacial score (nSPS) is 10.8. The Morgan fingerprint density at radius 2 is 1.81 bits per heavy atom. The van der Waals surface area contributed by atoms with E-state index < -0.39 is 0 Å². The summed E-state index contributed by atoms with van der Waals surface area (Å²) in [6.07, 6.45) is 1.99. The van der Waals surface area contributed by atoms with Gasteiger partial charge in [0.05, 0.1) is 28.2 Å². The van der Waals surface area contributed by atoms with Gasteiger partial charge in [-0.3, -0.25) is 9.59 Å². The second-order valence-electron chi connectivity index (χ2n) is 7.05. The summed E-state index contributed by atoms with van der Waals surface area (Å²) in [5, 5.41) is 6.17. The molecule has 0 unspecified atom stereocenters. The zero-order valence-corrected chi connectivity index (χ0v) is 18.9. The van der Waals surface area contributed by atoms with E-state index in [1.54, 1.807) is 36.0 Å². The Bertz CT molecular complexity index is 1290. The number of carbonyl (C=O) groups excluding carboxylic acids is 2. The van der Waals surface area contributed by atoms with Crippen LogP contribution in [0.5, 0.6) is 0 Å². The predicted molar refractivity (Wildman–Crippen MR) is 129 cm³/mol. The quantitative estimate of drug-likeness (QED) is 0.378. The van der Waals surface area contributed by atoms with Crippen molar-refractivity contribution in [2.24, 2.45) is 0 Å². The van der Waals surface area contributed by atoms with Crippen LogP contribution in [-0.4, -0.2) is 27.6 Å². The van der Waals surface area contributed by atoms with Crippen LogP contribution in [0.15, 0.2) is 77.7 Å². The van der Waals surface area contributed by atoms with Crippen molar-refractivity contribution in [2.75, 3.05) is 11.6 Å². The lowest BCUT2D eigenvalue weighted by Gasteiger charge is -2.12. The highest BCUT2D eigenvalue weighted by Gasteiger charge is 2.16. The van der Waals surface area contributed by atoms with E-state index in [4.69, 9.17) is 11.6 Å². The fraction of sp³-hybridized carbons (Fsp3) is 0.125. The minimum Gasteiger partial charge on any atom is -0.345 e. The fourth-order valence-corrected chi connectivity index (χ4v) is 4.06. The van der Waals surface area contributed by atoms with E-state index in [1.807, 2.05) is 59.4 Å². The Kier molecular flexibility index (Phi) is 6.78. The van der Waals surface area contributed by atoms with Gasteiger partial charge in [0.25, 0.3) is 5.91 Å². The summed E-state index contributed by atoms with van der Waals surface area (Å²) in [4.78, 5) is 31.1. The van der Waals surface area contributed by atoms with Gasteiger partial charge in [-0.2, -0.15) is 0 Å². The van der Waals surface area contributed by atoms with E-state index >= 15 is 0 Å². The average molecular weight is 465 g/mol. The highest BCUT2D eigenvalue weighted by atomic mass is 35.5. The van der Waals surface area contributed by atoms with Crippen molar-refractivity contribution in [3.63, 3.8) is 0 Å². The second-order valence-corrected chi connectivity index (χ2v) is 8.33. The predicted octanol–water partition coefficient (Wildman–Crippen LogP) is 4.98. The molecule has 0 aliphatic heterocycles. The summed E-state index contributed by atoms with van der Waals surface area (Å²) < 4.78 is 1.82. The van der Waals surface area contributed by atoms with Gasteiger partial charge in [0.2, 0.25) is 5.91 Å². The molecular formula is C24H21ClN4O2S. The second kappa shape index (κ2) is 9.89. The van der Waals surface area contributed by atoms with Crippen molar-refractivity contribution < 1.29 is 9.59 Å². The molecule has 0 bridgehead atoms. The Balaban J connectivity index is 1.54. The molecule has 0 aliphatic carbocycles. The molecule has 0 radical (unpaired) electrons. The van der Waals surface area contributed by atoms with E-state index in [2.05, 4.69) is 15.6 Å². The van der Waals surface area contributed by atoms with Gasteiger partial charge in [-0.25, -0.2) is 4.98 Å². The van der Waals surface area contributed by atoms with Crippen LogP contribution in [0.3, 0.4) is 0 Å². The number of anilines is 1. The van der Waals surface area contributed by atoms with Crippen LogP contribution in [0.1, 0.15) is 16.2 Å². The molecule has 4 aromatic rings. The van der Waals surface area contributed by atoms with Crippen LogP contribution in [0.25, 0.3) is 11.0 Å². The van der Waals surface area contributed by atoms with Crippen LogP contribution in [0.2, 0.25) is 5.02 Å². The maximum atomic E-state index is 12.8. The van der Waals surface area contributed by atoms with Crippen LogP contribution in [0.4, 0.5) is 5.69 Å². The third-order valence-corrected chi connectivity index (χ3v) is 5.97. The first-order valence-electron chi connectivity index (χ1n) is 9.96. The number of rotatable bonds is 7. The van der Waals surface area contributed by atoms with Crippen LogP contribution in [0, 0.1) is 0 Å². The minimum absolute atomic E-state index is 0.0707. The zero-order valence-electron chi connectivity index (χ0n) is 17.3. The summed E-state index contributed by atoms with van der Waals surface area (Å²) in [5.74, 6) is 0.109. The molecule has 32 heavy (non-hydrogen) atoms. The van der Waals surface area contributed by atoms with Gasteiger partial charge in [0, 0.05) is 10.6 Å². The Morgan fingerprint density at radius 1 is 1.03 bits per heavy atom. The number of benzene rings is 3. The van der Waals surface area contributed by atoms with E-state index in [-0.39, 0.29) is 24.9 Å². The van der Waals surface area contributed by atoms with Crippen LogP contribution >= 0.6 is 23.4 Å². The smallest absolute Gasteiger partial charge is 0.253 e. The molecule has 0 saturated carbocycles. The first-order chi connectivity index (χ1) is 15.5. The number of nitrogens with zero attached hydrogens (tertiary/aromatic N) is 2. The number of amides is 2. The summed E-state index contributed by atoms with van der Waals surface area (Å²) in [6, 6.07) is 22.1. The number of hydrogen-bond donors (Lipinski definition) is 2. The average Bonchev–Trinajstić information content (AvgIpc) is 3.15. The van der Waals surface area contributed by atoms with Gasteiger partial charge in [0.1, 0.15) is 12.4 Å². The van der Waals surface area contributed by atoms with Crippen LogP contribution < -0.4 is 10.6 Å². The topological polar surface area (TPSA) is 76.0 Å². The van der Waals surface area contributed by atoms with E-state index in [1.165, 1.54) is 0 Å². The number of aromatic nitrogens is 2. The maximum absolute atomic E-state index is 12.8. The number of imidazole rings is 1. The molecule has 6 nitrogen and oxygen atoms in total. The number of hydrogen-bond acceptors (Lipinski definition) is 4. The number of fused-ring (bicyclic) bond motifs is 1.